The highest BCUT2D eigenvalue weighted by Crippen LogP contribution is 2.43. The summed E-state index contributed by atoms with van der Waals surface area (Å²) < 4.78 is 0. The summed E-state index contributed by atoms with van der Waals surface area (Å²) in [6, 6.07) is 9.11. The van der Waals surface area contributed by atoms with Gasteiger partial charge in [0.25, 0.3) is 0 Å². The Kier molecular flexibility index (Phi) is 4.76. The maximum atomic E-state index is 11.3. The standard InChI is InChI=1S/C21H32N2O/c1-6-21(24,7-2)19-13-16-15-10-8-9-11-17(15)22-20(16)18(23(19)5)12-14(3)4/h8-11,14,18-19,22,24H,6-7,12-13H2,1-5H3/t18-,19+/m1/s1. The van der Waals surface area contributed by atoms with Gasteiger partial charge in [-0.25, -0.2) is 0 Å². The zero-order valence-corrected chi connectivity index (χ0v) is 15.8. The van der Waals surface area contributed by atoms with Gasteiger partial charge in [0.2, 0.25) is 0 Å². The third kappa shape index (κ3) is 2.78. The first-order chi connectivity index (χ1) is 11.4. The fourth-order valence-corrected chi connectivity index (χ4v) is 4.50. The third-order valence-corrected chi connectivity index (χ3v) is 6.10. The summed E-state index contributed by atoms with van der Waals surface area (Å²) in [6.07, 6.45) is 3.62. The SMILES string of the molecule is CCC(O)(CC)[C@@H]1Cc2c([nH]c3ccccc23)[C@@H](CC(C)C)N1C. The van der Waals surface area contributed by atoms with Gasteiger partial charge in [-0.2, -0.15) is 0 Å². The molecule has 2 atom stereocenters. The van der Waals surface area contributed by atoms with Gasteiger partial charge in [-0.15, -0.1) is 0 Å². The molecular formula is C21H32N2O. The van der Waals surface area contributed by atoms with Crippen molar-refractivity contribution in [2.75, 3.05) is 7.05 Å². The van der Waals surface area contributed by atoms with E-state index in [4.69, 9.17) is 0 Å². The molecule has 24 heavy (non-hydrogen) atoms. The Balaban J connectivity index is 2.13. The Labute approximate surface area is 146 Å². The van der Waals surface area contributed by atoms with Gasteiger partial charge < -0.3 is 10.1 Å². The average molecular weight is 329 g/mol. The minimum atomic E-state index is -0.625. The molecule has 0 saturated heterocycles. The van der Waals surface area contributed by atoms with Crippen molar-refractivity contribution in [2.45, 2.75) is 71.1 Å². The van der Waals surface area contributed by atoms with Gasteiger partial charge in [0, 0.05) is 22.6 Å². The largest absolute Gasteiger partial charge is 0.388 e. The Morgan fingerprint density at radius 1 is 1.25 bits per heavy atom. The number of rotatable bonds is 5. The van der Waals surface area contributed by atoms with E-state index in [-0.39, 0.29) is 6.04 Å². The van der Waals surface area contributed by atoms with Crippen molar-refractivity contribution in [3.05, 3.63) is 35.5 Å². The number of fused-ring (bicyclic) bond motifs is 3. The predicted molar refractivity (Wildman–Crippen MR) is 101 cm³/mol. The van der Waals surface area contributed by atoms with Crippen molar-refractivity contribution in [1.82, 2.24) is 9.88 Å². The lowest BCUT2D eigenvalue weighted by atomic mass is 9.78. The van der Waals surface area contributed by atoms with E-state index >= 15 is 0 Å². The van der Waals surface area contributed by atoms with Crippen molar-refractivity contribution in [3.8, 4) is 0 Å². The second kappa shape index (κ2) is 6.53. The van der Waals surface area contributed by atoms with Gasteiger partial charge in [0.1, 0.15) is 0 Å². The van der Waals surface area contributed by atoms with Crippen LogP contribution in [0.15, 0.2) is 24.3 Å². The summed E-state index contributed by atoms with van der Waals surface area (Å²) in [7, 11) is 2.20. The van der Waals surface area contributed by atoms with Crippen LogP contribution in [0.3, 0.4) is 0 Å². The molecule has 1 aliphatic rings. The molecule has 0 radical (unpaired) electrons. The van der Waals surface area contributed by atoms with Crippen molar-refractivity contribution in [2.24, 2.45) is 5.92 Å². The molecule has 2 N–H and O–H groups in total. The number of nitrogens with one attached hydrogen (secondary N) is 1. The molecule has 1 aliphatic heterocycles. The van der Waals surface area contributed by atoms with E-state index in [0.717, 1.165) is 25.7 Å². The maximum absolute atomic E-state index is 11.3. The van der Waals surface area contributed by atoms with Gasteiger partial charge in [0.15, 0.2) is 0 Å². The molecule has 0 bridgehead atoms. The maximum Gasteiger partial charge on any atom is 0.0800 e. The molecule has 1 aromatic heterocycles. The van der Waals surface area contributed by atoms with Crippen LogP contribution in [0, 0.1) is 5.92 Å². The van der Waals surface area contributed by atoms with Crippen molar-refractivity contribution < 1.29 is 5.11 Å². The average Bonchev–Trinajstić information content (AvgIpc) is 2.94. The topological polar surface area (TPSA) is 39.3 Å². The normalized spacial score (nSPS) is 22.3. The lowest BCUT2D eigenvalue weighted by molar-refractivity contribution is -0.0662. The summed E-state index contributed by atoms with van der Waals surface area (Å²) in [6.45, 7) is 8.79. The number of H-pyrrole nitrogens is 1. The highest BCUT2D eigenvalue weighted by Gasteiger charge is 2.43. The summed E-state index contributed by atoms with van der Waals surface area (Å²) >= 11 is 0. The van der Waals surface area contributed by atoms with Crippen LogP contribution in [-0.4, -0.2) is 33.7 Å². The second-order valence-electron chi connectivity index (χ2n) is 7.90. The fourth-order valence-electron chi connectivity index (χ4n) is 4.50. The molecule has 132 valence electrons. The van der Waals surface area contributed by atoms with E-state index in [1.807, 2.05) is 0 Å². The van der Waals surface area contributed by atoms with Gasteiger partial charge >= 0.3 is 0 Å². The summed E-state index contributed by atoms with van der Waals surface area (Å²) in [5.41, 5.74) is 3.37. The summed E-state index contributed by atoms with van der Waals surface area (Å²) in [5.74, 6) is 0.617. The first-order valence-corrected chi connectivity index (χ1v) is 9.45. The molecule has 2 aromatic rings. The molecule has 0 unspecified atom stereocenters. The van der Waals surface area contributed by atoms with Crippen LogP contribution in [0.2, 0.25) is 0 Å². The van der Waals surface area contributed by atoms with Crippen LogP contribution in [0.25, 0.3) is 10.9 Å². The molecule has 0 fully saturated rings. The van der Waals surface area contributed by atoms with Gasteiger partial charge in [-0.05, 0) is 50.3 Å². The highest BCUT2D eigenvalue weighted by molar-refractivity contribution is 5.85. The lowest BCUT2D eigenvalue weighted by Crippen LogP contribution is -2.55. The lowest BCUT2D eigenvalue weighted by Gasteiger charge is -2.47. The minimum absolute atomic E-state index is 0.169. The van der Waals surface area contributed by atoms with Crippen molar-refractivity contribution in [3.63, 3.8) is 0 Å². The molecule has 3 rings (SSSR count). The fraction of sp³-hybridized carbons (Fsp3) is 0.619. The molecule has 0 saturated carbocycles. The molecule has 3 heteroatoms. The van der Waals surface area contributed by atoms with Crippen LogP contribution in [-0.2, 0) is 6.42 Å². The molecule has 0 spiro atoms. The van der Waals surface area contributed by atoms with Crippen LogP contribution in [0.5, 0.6) is 0 Å². The number of aromatic amines is 1. The van der Waals surface area contributed by atoms with E-state index in [2.05, 4.69) is 68.9 Å². The first-order valence-electron chi connectivity index (χ1n) is 9.45. The number of hydrogen-bond acceptors (Lipinski definition) is 2. The van der Waals surface area contributed by atoms with E-state index in [1.165, 1.54) is 22.2 Å². The van der Waals surface area contributed by atoms with Gasteiger partial charge in [0.05, 0.1) is 11.6 Å². The molecule has 3 nitrogen and oxygen atoms in total. The molecule has 1 aromatic carbocycles. The Morgan fingerprint density at radius 2 is 1.92 bits per heavy atom. The molecule has 0 amide bonds. The number of nitrogens with zero attached hydrogens (tertiary/aromatic N) is 1. The third-order valence-electron chi connectivity index (χ3n) is 6.10. The Bertz CT molecular complexity index is 699. The second-order valence-corrected chi connectivity index (χ2v) is 7.90. The van der Waals surface area contributed by atoms with Crippen molar-refractivity contribution in [1.29, 1.82) is 0 Å². The number of benzene rings is 1. The van der Waals surface area contributed by atoms with Gasteiger partial charge in [-0.3, -0.25) is 4.90 Å². The number of para-hydroxylation sites is 1. The Morgan fingerprint density at radius 3 is 2.54 bits per heavy atom. The zero-order valence-electron chi connectivity index (χ0n) is 15.8. The summed E-state index contributed by atoms with van der Waals surface area (Å²) in [5, 5.41) is 12.6. The van der Waals surface area contributed by atoms with Crippen LogP contribution in [0.4, 0.5) is 0 Å². The number of aromatic nitrogens is 1. The molecule has 2 heterocycles. The minimum Gasteiger partial charge on any atom is -0.388 e. The van der Waals surface area contributed by atoms with E-state index in [9.17, 15) is 5.11 Å². The van der Waals surface area contributed by atoms with E-state index < -0.39 is 5.60 Å². The van der Waals surface area contributed by atoms with Crippen molar-refractivity contribution >= 4 is 10.9 Å². The number of likely N-dealkylation sites (N-methyl/N-ethyl adjacent to an activating group) is 1. The highest BCUT2D eigenvalue weighted by atomic mass is 16.3. The van der Waals surface area contributed by atoms with Crippen LogP contribution < -0.4 is 0 Å². The smallest absolute Gasteiger partial charge is 0.0800 e. The Hall–Kier alpha value is -1.32. The molecular weight excluding hydrogens is 296 g/mol. The zero-order chi connectivity index (χ0) is 17.5. The van der Waals surface area contributed by atoms with Crippen LogP contribution in [0.1, 0.15) is 64.3 Å². The van der Waals surface area contributed by atoms with E-state index in [1.54, 1.807) is 0 Å². The first kappa shape index (κ1) is 17.5. The molecule has 0 aliphatic carbocycles. The number of aliphatic hydroxyl groups is 1. The quantitative estimate of drug-likeness (QED) is 0.837. The summed E-state index contributed by atoms with van der Waals surface area (Å²) in [4.78, 5) is 6.12. The van der Waals surface area contributed by atoms with Gasteiger partial charge in [-0.1, -0.05) is 45.9 Å². The number of hydrogen-bond donors (Lipinski definition) is 2. The monoisotopic (exact) mass is 328 g/mol. The van der Waals surface area contributed by atoms with Crippen LogP contribution >= 0.6 is 0 Å². The van der Waals surface area contributed by atoms with E-state index in [0.29, 0.717) is 12.0 Å². The predicted octanol–water partition coefficient (Wildman–Crippen LogP) is 4.66.